The van der Waals surface area contributed by atoms with Crippen LogP contribution in [0.25, 0.3) is 0 Å². The number of amides is 3. The molecule has 3 rings (SSSR count). The van der Waals surface area contributed by atoms with Gasteiger partial charge in [0.2, 0.25) is 0 Å². The van der Waals surface area contributed by atoms with Crippen LogP contribution in [0.2, 0.25) is 0 Å². The van der Waals surface area contributed by atoms with Gasteiger partial charge in [-0.3, -0.25) is 4.79 Å². The van der Waals surface area contributed by atoms with Gasteiger partial charge in [0.25, 0.3) is 5.91 Å². The molecule has 1 heterocycles. The van der Waals surface area contributed by atoms with Gasteiger partial charge in [-0.05, 0) is 62.1 Å². The molecule has 3 amide bonds. The van der Waals surface area contributed by atoms with E-state index < -0.39 is 0 Å². The summed E-state index contributed by atoms with van der Waals surface area (Å²) in [6.07, 6.45) is 2.69. The van der Waals surface area contributed by atoms with E-state index in [4.69, 9.17) is 0 Å². The zero-order chi connectivity index (χ0) is 18.5. The Hall–Kier alpha value is -2.82. The molecule has 5 heteroatoms. The smallest absolute Gasteiger partial charge is 0.319 e. The van der Waals surface area contributed by atoms with Crippen molar-refractivity contribution >= 4 is 23.3 Å². The monoisotopic (exact) mass is 351 g/mol. The summed E-state index contributed by atoms with van der Waals surface area (Å²) < 4.78 is 0. The average molecular weight is 351 g/mol. The third-order valence-electron chi connectivity index (χ3n) is 4.71. The summed E-state index contributed by atoms with van der Waals surface area (Å²) in [5.74, 6) is 0.0155. The molecule has 1 unspecified atom stereocenters. The zero-order valence-corrected chi connectivity index (χ0v) is 15.3. The minimum absolute atomic E-state index is 0.0155. The predicted molar refractivity (Wildman–Crippen MR) is 105 cm³/mol. The summed E-state index contributed by atoms with van der Waals surface area (Å²) in [6.45, 7) is 4.71. The van der Waals surface area contributed by atoms with Crippen LogP contribution < -0.4 is 15.5 Å². The third-order valence-corrected chi connectivity index (χ3v) is 4.71. The molecule has 1 aliphatic heterocycles. The van der Waals surface area contributed by atoms with Crippen LogP contribution in [0.5, 0.6) is 0 Å². The molecule has 0 fully saturated rings. The molecule has 1 aliphatic rings. The number of aryl methyl sites for hydroxylation is 1. The van der Waals surface area contributed by atoms with Crippen molar-refractivity contribution in [3.63, 3.8) is 0 Å². The van der Waals surface area contributed by atoms with Crippen LogP contribution in [-0.2, 0) is 6.42 Å². The fourth-order valence-electron chi connectivity index (χ4n) is 3.12. The molecule has 5 nitrogen and oxygen atoms in total. The van der Waals surface area contributed by atoms with Crippen molar-refractivity contribution in [1.29, 1.82) is 0 Å². The van der Waals surface area contributed by atoms with E-state index in [1.165, 1.54) is 0 Å². The first-order valence-corrected chi connectivity index (χ1v) is 9.16. The number of urea groups is 1. The average Bonchev–Trinajstić information content (AvgIpc) is 2.67. The van der Waals surface area contributed by atoms with Crippen molar-refractivity contribution in [2.75, 3.05) is 16.8 Å². The van der Waals surface area contributed by atoms with Crippen molar-refractivity contribution in [3.05, 3.63) is 59.7 Å². The van der Waals surface area contributed by atoms with Crippen LogP contribution in [-0.4, -0.2) is 24.5 Å². The van der Waals surface area contributed by atoms with E-state index in [-0.39, 0.29) is 18.0 Å². The van der Waals surface area contributed by atoms with E-state index in [1.54, 1.807) is 0 Å². The lowest BCUT2D eigenvalue weighted by molar-refractivity contribution is 0.0985. The highest BCUT2D eigenvalue weighted by Crippen LogP contribution is 2.30. The Morgan fingerprint density at radius 1 is 1.15 bits per heavy atom. The lowest BCUT2D eigenvalue weighted by Crippen LogP contribution is -2.36. The molecule has 0 saturated heterocycles. The van der Waals surface area contributed by atoms with Crippen LogP contribution in [0.4, 0.5) is 16.2 Å². The summed E-state index contributed by atoms with van der Waals surface area (Å²) in [6, 6.07) is 15.0. The largest absolute Gasteiger partial charge is 0.335 e. The highest BCUT2D eigenvalue weighted by Gasteiger charge is 2.23. The van der Waals surface area contributed by atoms with E-state index >= 15 is 0 Å². The lowest BCUT2D eigenvalue weighted by atomic mass is 10.00. The summed E-state index contributed by atoms with van der Waals surface area (Å²) >= 11 is 0. The minimum atomic E-state index is -0.202. The van der Waals surface area contributed by atoms with Gasteiger partial charge in [0.05, 0.1) is 0 Å². The third kappa shape index (κ3) is 4.04. The molecule has 0 radical (unpaired) electrons. The maximum absolute atomic E-state index is 12.8. The lowest BCUT2D eigenvalue weighted by Gasteiger charge is -2.30. The second-order valence-corrected chi connectivity index (χ2v) is 6.68. The first kappa shape index (κ1) is 18.0. The predicted octanol–water partition coefficient (Wildman–Crippen LogP) is 4.20. The number of benzene rings is 2. The van der Waals surface area contributed by atoms with Crippen LogP contribution in [0.3, 0.4) is 0 Å². The molecule has 2 aromatic carbocycles. The number of hydrogen-bond acceptors (Lipinski definition) is 2. The van der Waals surface area contributed by atoms with Crippen LogP contribution >= 0.6 is 0 Å². The van der Waals surface area contributed by atoms with Crippen LogP contribution in [0.15, 0.2) is 48.5 Å². The highest BCUT2D eigenvalue weighted by atomic mass is 16.2. The molecule has 0 saturated carbocycles. The molecule has 0 aliphatic carbocycles. The Morgan fingerprint density at radius 3 is 2.65 bits per heavy atom. The molecule has 0 spiro atoms. The first-order valence-electron chi connectivity index (χ1n) is 9.16. The number of anilines is 2. The number of fused-ring (bicyclic) bond motifs is 1. The Bertz CT molecular complexity index is 789. The summed E-state index contributed by atoms with van der Waals surface area (Å²) in [7, 11) is 0. The summed E-state index contributed by atoms with van der Waals surface area (Å²) in [4.78, 5) is 26.7. The van der Waals surface area contributed by atoms with Gasteiger partial charge in [-0.1, -0.05) is 25.1 Å². The zero-order valence-electron chi connectivity index (χ0n) is 15.3. The van der Waals surface area contributed by atoms with Gasteiger partial charge in [-0.25, -0.2) is 4.79 Å². The topological polar surface area (TPSA) is 61.4 Å². The van der Waals surface area contributed by atoms with Crippen molar-refractivity contribution in [3.8, 4) is 0 Å². The van der Waals surface area contributed by atoms with Gasteiger partial charge in [0.1, 0.15) is 0 Å². The van der Waals surface area contributed by atoms with Crippen molar-refractivity contribution < 1.29 is 9.59 Å². The number of nitrogens with zero attached hydrogens (tertiary/aromatic N) is 1. The highest BCUT2D eigenvalue weighted by molar-refractivity contribution is 6.07. The molecule has 26 heavy (non-hydrogen) atoms. The van der Waals surface area contributed by atoms with Gasteiger partial charge >= 0.3 is 6.03 Å². The molecule has 0 aromatic heterocycles. The molecular weight excluding hydrogens is 326 g/mol. The number of carbonyl (C=O) groups excluding carboxylic acids is 2. The SMILES string of the molecule is CCC(C)NC(=O)Nc1ccc2c(c1)CCCN2C(=O)c1ccccc1. The van der Waals surface area contributed by atoms with E-state index in [2.05, 4.69) is 10.6 Å². The number of nitrogens with one attached hydrogen (secondary N) is 2. The van der Waals surface area contributed by atoms with Gasteiger partial charge in [-0.2, -0.15) is 0 Å². The molecule has 0 bridgehead atoms. The van der Waals surface area contributed by atoms with Crippen molar-refractivity contribution in [2.45, 2.75) is 39.2 Å². The minimum Gasteiger partial charge on any atom is -0.335 e. The number of hydrogen-bond donors (Lipinski definition) is 2. The quantitative estimate of drug-likeness (QED) is 0.867. The standard InChI is InChI=1S/C21H25N3O2/c1-3-15(2)22-21(26)23-18-11-12-19-17(14-18)10-7-13-24(19)20(25)16-8-5-4-6-9-16/h4-6,8-9,11-12,14-15H,3,7,10,13H2,1-2H3,(H2,22,23,26). The van der Waals surface area contributed by atoms with E-state index in [1.807, 2.05) is 67.3 Å². The molecule has 136 valence electrons. The second kappa shape index (κ2) is 8.04. The molecule has 2 N–H and O–H groups in total. The Kier molecular flexibility index (Phi) is 5.56. The fourth-order valence-corrected chi connectivity index (χ4v) is 3.12. The Morgan fingerprint density at radius 2 is 1.92 bits per heavy atom. The summed E-state index contributed by atoms with van der Waals surface area (Å²) in [5.41, 5.74) is 3.45. The van der Waals surface area contributed by atoms with Crippen LogP contribution in [0, 0.1) is 0 Å². The van der Waals surface area contributed by atoms with Gasteiger partial charge in [0.15, 0.2) is 0 Å². The van der Waals surface area contributed by atoms with Crippen molar-refractivity contribution in [2.24, 2.45) is 0 Å². The number of rotatable bonds is 4. The van der Waals surface area contributed by atoms with Gasteiger partial charge < -0.3 is 15.5 Å². The fraction of sp³-hybridized carbons (Fsp3) is 0.333. The summed E-state index contributed by atoms with van der Waals surface area (Å²) in [5, 5.41) is 5.77. The maximum atomic E-state index is 12.8. The van der Waals surface area contributed by atoms with Crippen molar-refractivity contribution in [1.82, 2.24) is 5.32 Å². The number of carbonyl (C=O) groups is 2. The molecule has 2 aromatic rings. The molecule has 1 atom stereocenters. The Labute approximate surface area is 154 Å². The van der Waals surface area contributed by atoms with Crippen LogP contribution in [0.1, 0.15) is 42.6 Å². The van der Waals surface area contributed by atoms with Gasteiger partial charge in [-0.15, -0.1) is 0 Å². The second-order valence-electron chi connectivity index (χ2n) is 6.68. The van der Waals surface area contributed by atoms with Gasteiger partial charge in [0, 0.05) is 29.5 Å². The Balaban J connectivity index is 1.77. The first-order chi connectivity index (χ1) is 12.6. The van der Waals surface area contributed by atoms with E-state index in [9.17, 15) is 9.59 Å². The maximum Gasteiger partial charge on any atom is 0.319 e. The normalized spacial score (nSPS) is 14.3. The van der Waals surface area contributed by atoms with E-state index in [0.29, 0.717) is 12.1 Å². The molecular formula is C21H25N3O2. The van der Waals surface area contributed by atoms with E-state index in [0.717, 1.165) is 36.2 Å².